The van der Waals surface area contributed by atoms with Gasteiger partial charge in [0, 0.05) is 25.9 Å². The number of piperidine rings is 1. The lowest BCUT2D eigenvalue weighted by Gasteiger charge is -2.32. The van der Waals surface area contributed by atoms with E-state index in [-0.39, 0.29) is 12.0 Å². The van der Waals surface area contributed by atoms with Gasteiger partial charge < -0.3 is 4.74 Å². The zero-order valence-corrected chi connectivity index (χ0v) is 11.1. The van der Waals surface area contributed by atoms with Crippen molar-refractivity contribution in [2.45, 2.75) is 46.1 Å². The summed E-state index contributed by atoms with van der Waals surface area (Å²) in [5.41, 5.74) is 0. The Bertz CT molecular complexity index is 266. The molecule has 0 aromatic rings. The zero-order chi connectivity index (χ0) is 12.8. The number of carbonyl (C=O) groups is 2. The highest BCUT2D eigenvalue weighted by Crippen LogP contribution is 2.14. The van der Waals surface area contributed by atoms with E-state index < -0.39 is 0 Å². The largest absolute Gasteiger partial charge is 0.464 e. The highest BCUT2D eigenvalue weighted by Gasteiger charge is 2.28. The molecule has 1 atom stereocenters. The van der Waals surface area contributed by atoms with Crippen LogP contribution in [-0.4, -0.2) is 42.4 Å². The zero-order valence-electron chi connectivity index (χ0n) is 11.1. The maximum atomic E-state index is 11.9. The van der Waals surface area contributed by atoms with Crippen LogP contribution in [0.3, 0.4) is 0 Å². The number of hydrogen-bond acceptors (Lipinski definition) is 4. The Morgan fingerprint density at radius 1 is 1.35 bits per heavy atom. The lowest BCUT2D eigenvalue weighted by Crippen LogP contribution is -2.46. The Hall–Kier alpha value is -0.900. The first-order chi connectivity index (χ1) is 8.04. The number of hydrogen-bond donors (Lipinski definition) is 0. The first-order valence-electron chi connectivity index (χ1n) is 6.47. The molecule has 98 valence electrons. The fourth-order valence-corrected chi connectivity index (χ4v) is 2.00. The second kappa shape index (κ2) is 6.74. The van der Waals surface area contributed by atoms with Crippen LogP contribution in [0.1, 0.15) is 40.0 Å². The van der Waals surface area contributed by atoms with Gasteiger partial charge >= 0.3 is 5.97 Å². The molecule has 0 aliphatic carbocycles. The molecule has 0 bridgehead atoms. The van der Waals surface area contributed by atoms with Crippen LogP contribution in [0.15, 0.2) is 0 Å². The fourth-order valence-electron chi connectivity index (χ4n) is 2.00. The molecule has 1 aliphatic heterocycles. The average Bonchev–Trinajstić information content (AvgIpc) is 2.30. The minimum Gasteiger partial charge on any atom is -0.464 e. The number of esters is 1. The predicted molar refractivity (Wildman–Crippen MR) is 65.7 cm³/mol. The van der Waals surface area contributed by atoms with E-state index in [0.717, 1.165) is 6.42 Å². The van der Waals surface area contributed by atoms with Crippen LogP contribution in [-0.2, 0) is 14.3 Å². The van der Waals surface area contributed by atoms with Crippen molar-refractivity contribution in [1.29, 1.82) is 0 Å². The second-order valence-electron chi connectivity index (χ2n) is 5.02. The van der Waals surface area contributed by atoms with Crippen LogP contribution < -0.4 is 0 Å². The van der Waals surface area contributed by atoms with Crippen molar-refractivity contribution in [3.63, 3.8) is 0 Å². The summed E-state index contributed by atoms with van der Waals surface area (Å²) in [5.74, 6) is 0.515. The van der Waals surface area contributed by atoms with Gasteiger partial charge in [0.15, 0.2) is 0 Å². The number of rotatable bonds is 5. The van der Waals surface area contributed by atoms with Crippen LogP contribution in [0.5, 0.6) is 0 Å². The van der Waals surface area contributed by atoms with Gasteiger partial charge in [-0.15, -0.1) is 0 Å². The lowest BCUT2D eigenvalue weighted by molar-refractivity contribution is -0.152. The van der Waals surface area contributed by atoms with Crippen LogP contribution >= 0.6 is 0 Å². The molecule has 0 spiro atoms. The molecular weight excluding hydrogens is 218 g/mol. The maximum absolute atomic E-state index is 11.9. The van der Waals surface area contributed by atoms with E-state index in [4.69, 9.17) is 4.74 Å². The van der Waals surface area contributed by atoms with Crippen LogP contribution in [0, 0.1) is 5.92 Å². The molecule has 1 aliphatic rings. The van der Waals surface area contributed by atoms with Gasteiger partial charge in [-0.05, 0) is 12.3 Å². The van der Waals surface area contributed by atoms with Crippen LogP contribution in [0.25, 0.3) is 0 Å². The molecule has 0 radical (unpaired) electrons. The molecule has 1 saturated heterocycles. The van der Waals surface area contributed by atoms with Gasteiger partial charge in [0.25, 0.3) is 0 Å². The molecule has 0 amide bonds. The Balaban J connectivity index is 2.46. The van der Waals surface area contributed by atoms with Crippen molar-refractivity contribution < 1.29 is 14.3 Å². The molecule has 17 heavy (non-hydrogen) atoms. The fraction of sp³-hybridized carbons (Fsp3) is 0.846. The maximum Gasteiger partial charge on any atom is 0.323 e. The van der Waals surface area contributed by atoms with Crippen molar-refractivity contribution in [2.75, 3.05) is 19.7 Å². The highest BCUT2D eigenvalue weighted by atomic mass is 16.5. The van der Waals surface area contributed by atoms with E-state index in [9.17, 15) is 9.59 Å². The quantitative estimate of drug-likeness (QED) is 0.686. The van der Waals surface area contributed by atoms with E-state index in [2.05, 4.69) is 4.90 Å². The second-order valence-corrected chi connectivity index (χ2v) is 5.02. The van der Waals surface area contributed by atoms with Crippen molar-refractivity contribution in [3.05, 3.63) is 0 Å². The number of carbonyl (C=O) groups excluding carboxylic acids is 2. The van der Waals surface area contributed by atoms with Gasteiger partial charge in [0.2, 0.25) is 0 Å². The molecule has 1 rings (SSSR count). The summed E-state index contributed by atoms with van der Waals surface area (Å²) < 4.78 is 5.27. The van der Waals surface area contributed by atoms with Gasteiger partial charge in [-0.1, -0.05) is 20.8 Å². The summed E-state index contributed by atoms with van der Waals surface area (Å²) >= 11 is 0. The first-order valence-corrected chi connectivity index (χ1v) is 6.47. The highest BCUT2D eigenvalue weighted by molar-refractivity contribution is 5.80. The first kappa shape index (κ1) is 14.2. The van der Waals surface area contributed by atoms with Crippen molar-refractivity contribution in [3.8, 4) is 0 Å². The molecule has 4 nitrogen and oxygen atoms in total. The minimum absolute atomic E-state index is 0.143. The van der Waals surface area contributed by atoms with E-state index in [1.807, 2.05) is 20.8 Å². The van der Waals surface area contributed by atoms with Gasteiger partial charge in [0.1, 0.15) is 11.8 Å². The Morgan fingerprint density at radius 3 is 2.41 bits per heavy atom. The monoisotopic (exact) mass is 241 g/mol. The number of nitrogens with zero attached hydrogens (tertiary/aromatic N) is 1. The molecule has 0 saturated carbocycles. The Kier molecular flexibility index (Phi) is 5.62. The van der Waals surface area contributed by atoms with E-state index in [0.29, 0.717) is 44.2 Å². The number of likely N-dealkylation sites (tertiary alicyclic amines) is 1. The summed E-state index contributed by atoms with van der Waals surface area (Å²) in [6.07, 6.45) is 1.87. The summed E-state index contributed by atoms with van der Waals surface area (Å²) in [4.78, 5) is 25.1. The van der Waals surface area contributed by atoms with Crippen molar-refractivity contribution in [1.82, 2.24) is 4.90 Å². The summed E-state index contributed by atoms with van der Waals surface area (Å²) in [6.45, 7) is 7.88. The minimum atomic E-state index is -0.179. The number of ether oxygens (including phenoxy) is 1. The molecule has 1 fully saturated rings. The van der Waals surface area contributed by atoms with Crippen LogP contribution in [0.4, 0.5) is 0 Å². The molecule has 1 unspecified atom stereocenters. The molecule has 1 heterocycles. The molecule has 0 aromatic heterocycles. The number of ketones is 1. The van der Waals surface area contributed by atoms with Crippen molar-refractivity contribution in [2.24, 2.45) is 5.92 Å². The van der Waals surface area contributed by atoms with Gasteiger partial charge in [-0.3, -0.25) is 14.5 Å². The third kappa shape index (κ3) is 4.46. The normalized spacial score (nSPS) is 19.4. The van der Waals surface area contributed by atoms with Gasteiger partial charge in [0.05, 0.1) is 6.61 Å². The molecule has 0 N–H and O–H groups in total. The lowest BCUT2D eigenvalue weighted by atomic mass is 10.1. The van der Waals surface area contributed by atoms with E-state index >= 15 is 0 Å². The van der Waals surface area contributed by atoms with Gasteiger partial charge in [-0.2, -0.15) is 0 Å². The van der Waals surface area contributed by atoms with E-state index in [1.165, 1.54) is 0 Å². The molecule has 4 heteroatoms. The Labute approximate surface area is 103 Å². The summed E-state index contributed by atoms with van der Waals surface area (Å²) in [7, 11) is 0. The van der Waals surface area contributed by atoms with Gasteiger partial charge in [-0.25, -0.2) is 0 Å². The van der Waals surface area contributed by atoms with Crippen LogP contribution in [0.2, 0.25) is 0 Å². The standard InChI is InChI=1S/C13H23NO3/c1-4-12(13(16)17-9-10(2)3)14-7-5-11(15)6-8-14/h10,12H,4-9H2,1-3H3. The molecular formula is C13H23NO3. The number of Topliss-reactive ketones (excluding diaryl/α,β-unsaturated/α-hetero) is 1. The molecule has 0 aromatic carbocycles. The Morgan fingerprint density at radius 2 is 1.94 bits per heavy atom. The third-order valence-electron chi connectivity index (χ3n) is 3.01. The summed E-state index contributed by atoms with van der Waals surface area (Å²) in [5, 5.41) is 0. The SMILES string of the molecule is CCC(C(=O)OCC(C)C)N1CCC(=O)CC1. The topological polar surface area (TPSA) is 46.6 Å². The predicted octanol–water partition coefficient (Wildman–Crippen LogP) is 1.63. The van der Waals surface area contributed by atoms with Crippen molar-refractivity contribution >= 4 is 11.8 Å². The summed E-state index contributed by atoms with van der Waals surface area (Å²) in [6, 6.07) is -0.179. The average molecular weight is 241 g/mol. The third-order valence-corrected chi connectivity index (χ3v) is 3.01. The smallest absolute Gasteiger partial charge is 0.323 e. The van der Waals surface area contributed by atoms with E-state index in [1.54, 1.807) is 0 Å².